The molecule has 0 saturated carbocycles. The van der Waals surface area contributed by atoms with Crippen molar-refractivity contribution in [3.05, 3.63) is 0 Å². The predicted molar refractivity (Wildman–Crippen MR) is 62.8 cm³/mol. The van der Waals surface area contributed by atoms with Gasteiger partial charge in [0.15, 0.2) is 0 Å². The van der Waals surface area contributed by atoms with Crippen LogP contribution < -0.4 is 0 Å². The zero-order valence-electron chi connectivity index (χ0n) is 7.85. The summed E-state index contributed by atoms with van der Waals surface area (Å²) in [5.74, 6) is 0.0214. The molecule has 68 valence electrons. The van der Waals surface area contributed by atoms with Crippen molar-refractivity contribution < 1.29 is 0 Å². The Morgan fingerprint density at radius 1 is 1.45 bits per heavy atom. The van der Waals surface area contributed by atoms with E-state index in [1.807, 2.05) is 0 Å². The number of thiol groups is 1. The van der Waals surface area contributed by atoms with Crippen molar-refractivity contribution in [1.82, 2.24) is 0 Å². The molecular formula is C8H19PS2. The maximum absolute atomic E-state index is 5.11. The quantitative estimate of drug-likeness (QED) is 0.549. The van der Waals surface area contributed by atoms with Gasteiger partial charge in [-0.3, -0.25) is 0 Å². The molecule has 0 N–H and O–H groups in total. The fourth-order valence-electron chi connectivity index (χ4n) is 1.42. The van der Waals surface area contributed by atoms with Gasteiger partial charge in [-0.1, -0.05) is 39.5 Å². The highest BCUT2D eigenvalue weighted by molar-refractivity contribution is 8.56. The van der Waals surface area contributed by atoms with Crippen molar-refractivity contribution in [3.63, 3.8) is 0 Å². The van der Waals surface area contributed by atoms with Gasteiger partial charge in [0.1, 0.15) is 0 Å². The Labute approximate surface area is 81.7 Å². The van der Waals surface area contributed by atoms with Crippen molar-refractivity contribution in [3.8, 4) is 0 Å². The van der Waals surface area contributed by atoms with Crippen LogP contribution in [0.3, 0.4) is 0 Å². The van der Waals surface area contributed by atoms with Crippen LogP contribution in [0.25, 0.3) is 0 Å². The van der Waals surface area contributed by atoms with E-state index in [4.69, 9.17) is 11.8 Å². The molecule has 2 atom stereocenters. The van der Waals surface area contributed by atoms with E-state index in [1.54, 1.807) is 0 Å². The van der Waals surface area contributed by atoms with Crippen molar-refractivity contribution in [1.29, 1.82) is 0 Å². The molecule has 0 aliphatic rings. The smallest absolute Gasteiger partial charge is 0.00833 e. The summed E-state index contributed by atoms with van der Waals surface area (Å²) in [5, 5.41) is 0. The largest absolute Gasteiger partial charge is 0.144 e. The average molecular weight is 210 g/mol. The van der Waals surface area contributed by atoms with Crippen LogP contribution in [0.1, 0.15) is 34.1 Å². The Balaban J connectivity index is 3.69. The third-order valence-electron chi connectivity index (χ3n) is 1.48. The summed E-state index contributed by atoms with van der Waals surface area (Å²) >= 11 is 9.41. The summed E-state index contributed by atoms with van der Waals surface area (Å²) in [5.41, 5.74) is 0.444. The summed E-state index contributed by atoms with van der Waals surface area (Å²) in [7, 11) is 0. The minimum Gasteiger partial charge on any atom is -0.144 e. The van der Waals surface area contributed by atoms with Crippen molar-refractivity contribution in [2.24, 2.45) is 11.3 Å². The topological polar surface area (TPSA) is 0 Å². The van der Waals surface area contributed by atoms with Gasteiger partial charge in [0.05, 0.1) is 0 Å². The Hall–Kier alpha value is 1.00. The SMILES string of the molecule is CC(C[PH](=S)S)CC(C)(C)C. The molecule has 0 fully saturated rings. The predicted octanol–water partition coefficient (Wildman–Crippen LogP) is 3.58. The van der Waals surface area contributed by atoms with E-state index in [2.05, 4.69) is 39.9 Å². The Morgan fingerprint density at radius 3 is 2.18 bits per heavy atom. The Bertz CT molecular complexity index is 138. The molecule has 0 saturated heterocycles. The Morgan fingerprint density at radius 2 is 1.91 bits per heavy atom. The van der Waals surface area contributed by atoms with E-state index in [0.717, 1.165) is 12.1 Å². The highest BCUT2D eigenvalue weighted by Gasteiger charge is 2.14. The van der Waals surface area contributed by atoms with E-state index in [9.17, 15) is 0 Å². The zero-order chi connectivity index (χ0) is 9.07. The molecule has 0 spiro atoms. The van der Waals surface area contributed by atoms with Crippen LogP contribution in [0.5, 0.6) is 0 Å². The second kappa shape index (κ2) is 4.89. The van der Waals surface area contributed by atoms with Crippen molar-refractivity contribution in [2.75, 3.05) is 6.16 Å². The molecule has 0 heterocycles. The van der Waals surface area contributed by atoms with Crippen LogP contribution in [-0.2, 0) is 11.8 Å². The Kier molecular flexibility index (Phi) is 5.33. The maximum atomic E-state index is 5.11. The van der Waals surface area contributed by atoms with E-state index in [1.165, 1.54) is 6.42 Å². The second-order valence-corrected chi connectivity index (χ2v) is 9.67. The fraction of sp³-hybridized carbons (Fsp3) is 1.00. The first-order valence-corrected chi connectivity index (χ1v) is 8.16. The first-order chi connectivity index (χ1) is 4.81. The zero-order valence-corrected chi connectivity index (χ0v) is 10.6. The minimum absolute atomic E-state index is 0.444. The third-order valence-corrected chi connectivity index (χ3v) is 3.58. The minimum atomic E-state index is -0.728. The second-order valence-electron chi connectivity index (χ2n) is 4.47. The molecule has 0 nitrogen and oxygen atoms in total. The maximum Gasteiger partial charge on any atom is -0.00833 e. The normalized spacial score (nSPS) is 17.9. The fourth-order valence-corrected chi connectivity index (χ4v) is 3.94. The monoisotopic (exact) mass is 210 g/mol. The molecule has 0 amide bonds. The first kappa shape index (κ1) is 12.0. The summed E-state index contributed by atoms with van der Waals surface area (Å²) in [6.07, 6.45) is 2.42. The third kappa shape index (κ3) is 8.91. The molecule has 0 aliphatic carbocycles. The van der Waals surface area contributed by atoms with Gasteiger partial charge >= 0.3 is 0 Å². The number of hydrogen-bond donors (Lipinski definition) is 1. The molecule has 0 aromatic carbocycles. The van der Waals surface area contributed by atoms with Gasteiger partial charge in [-0.2, -0.15) is 0 Å². The summed E-state index contributed by atoms with van der Waals surface area (Å²) in [6, 6.07) is 0. The molecule has 0 radical (unpaired) electrons. The van der Waals surface area contributed by atoms with Crippen LogP contribution >= 0.6 is 18.1 Å². The van der Waals surface area contributed by atoms with E-state index >= 15 is 0 Å². The molecule has 0 aromatic heterocycles. The van der Waals surface area contributed by atoms with Gasteiger partial charge in [0.25, 0.3) is 0 Å². The van der Waals surface area contributed by atoms with Gasteiger partial charge in [-0.15, -0.1) is 12.2 Å². The summed E-state index contributed by atoms with van der Waals surface area (Å²) in [4.78, 5) is 0. The van der Waals surface area contributed by atoms with Crippen LogP contribution in [0.2, 0.25) is 0 Å². The van der Waals surface area contributed by atoms with E-state index in [0.29, 0.717) is 5.41 Å². The summed E-state index contributed by atoms with van der Waals surface area (Å²) < 4.78 is 0. The number of hydrogen-bond acceptors (Lipinski definition) is 1. The molecule has 0 aromatic rings. The summed E-state index contributed by atoms with van der Waals surface area (Å²) in [6.45, 7) is 9.10. The lowest BCUT2D eigenvalue weighted by Crippen LogP contribution is -2.12. The molecule has 3 heteroatoms. The van der Waals surface area contributed by atoms with Crippen LogP contribution in [0.4, 0.5) is 0 Å². The van der Waals surface area contributed by atoms with Crippen LogP contribution in [0, 0.1) is 11.3 Å². The molecular weight excluding hydrogens is 191 g/mol. The number of rotatable bonds is 3. The first-order valence-electron chi connectivity index (χ1n) is 4.03. The van der Waals surface area contributed by atoms with Gasteiger partial charge < -0.3 is 0 Å². The molecule has 11 heavy (non-hydrogen) atoms. The lowest BCUT2D eigenvalue weighted by Gasteiger charge is -2.22. The van der Waals surface area contributed by atoms with Crippen molar-refractivity contribution in [2.45, 2.75) is 34.1 Å². The molecule has 0 bridgehead atoms. The lowest BCUT2D eigenvalue weighted by atomic mass is 9.86. The van der Waals surface area contributed by atoms with Gasteiger partial charge in [0.2, 0.25) is 0 Å². The van der Waals surface area contributed by atoms with Gasteiger partial charge in [0, 0.05) is 0 Å². The van der Waals surface area contributed by atoms with Crippen LogP contribution in [-0.4, -0.2) is 6.16 Å². The molecule has 0 aliphatic heterocycles. The van der Waals surface area contributed by atoms with Crippen LogP contribution in [0.15, 0.2) is 0 Å². The molecule has 0 rings (SSSR count). The van der Waals surface area contributed by atoms with E-state index in [-0.39, 0.29) is 0 Å². The molecule has 2 unspecified atom stereocenters. The van der Waals surface area contributed by atoms with Crippen molar-refractivity contribution >= 4 is 30.0 Å². The van der Waals surface area contributed by atoms with Gasteiger partial charge in [-0.25, -0.2) is 0 Å². The standard InChI is InChI=1S/C8H19PS2/c1-7(6-9(10)11)5-8(2,3)4/h7,9H,5-6H2,1-4H3,(H,10,11). The highest BCUT2D eigenvalue weighted by Crippen LogP contribution is 2.33. The van der Waals surface area contributed by atoms with Gasteiger partial charge in [-0.05, 0) is 29.8 Å². The highest BCUT2D eigenvalue weighted by atomic mass is 32.9. The average Bonchev–Trinajstić information content (AvgIpc) is 1.53. The van der Waals surface area contributed by atoms with E-state index < -0.39 is 5.90 Å². The lowest BCUT2D eigenvalue weighted by molar-refractivity contribution is 0.323.